The van der Waals surface area contributed by atoms with E-state index in [1.54, 1.807) is 0 Å². The van der Waals surface area contributed by atoms with Crippen LogP contribution in [0.4, 0.5) is 0 Å². The Bertz CT molecular complexity index is 390. The SMILES string of the molecule is Cl/C(=C\C=[N+]1CCOCC1)c1ccccc1. The molecule has 2 rings (SSSR count). The first-order valence-corrected chi connectivity index (χ1v) is 5.82. The number of morpholine rings is 1. The van der Waals surface area contributed by atoms with E-state index in [1.807, 2.05) is 42.6 Å². The molecule has 0 bridgehead atoms. The molecule has 1 heterocycles. The molecule has 0 radical (unpaired) electrons. The van der Waals surface area contributed by atoms with Gasteiger partial charge in [-0.1, -0.05) is 41.9 Å². The Balaban J connectivity index is 2.06. The summed E-state index contributed by atoms with van der Waals surface area (Å²) in [5.74, 6) is 0. The first kappa shape index (κ1) is 11.4. The summed E-state index contributed by atoms with van der Waals surface area (Å²) >= 11 is 6.20. The third-order valence-corrected chi connectivity index (χ3v) is 2.87. The zero-order chi connectivity index (χ0) is 11.2. The van der Waals surface area contributed by atoms with Crippen molar-refractivity contribution in [2.75, 3.05) is 26.3 Å². The van der Waals surface area contributed by atoms with E-state index in [-0.39, 0.29) is 0 Å². The molecule has 1 aliphatic rings. The van der Waals surface area contributed by atoms with E-state index in [9.17, 15) is 0 Å². The Labute approximate surface area is 101 Å². The topological polar surface area (TPSA) is 12.2 Å². The number of allylic oxidation sites excluding steroid dienone is 1. The van der Waals surface area contributed by atoms with Crippen LogP contribution < -0.4 is 0 Å². The normalized spacial score (nSPS) is 17.3. The summed E-state index contributed by atoms with van der Waals surface area (Å²) < 4.78 is 7.49. The monoisotopic (exact) mass is 236 g/mol. The highest BCUT2D eigenvalue weighted by atomic mass is 35.5. The molecule has 0 N–H and O–H groups in total. The lowest BCUT2D eigenvalue weighted by Crippen LogP contribution is -2.28. The average molecular weight is 237 g/mol. The van der Waals surface area contributed by atoms with Crippen LogP contribution in [0.2, 0.25) is 0 Å². The van der Waals surface area contributed by atoms with Gasteiger partial charge in [-0.3, -0.25) is 0 Å². The Morgan fingerprint density at radius 2 is 1.88 bits per heavy atom. The molecular formula is C13H15ClNO+. The lowest BCUT2D eigenvalue weighted by atomic mass is 10.2. The molecule has 16 heavy (non-hydrogen) atoms. The van der Waals surface area contributed by atoms with Crippen molar-refractivity contribution >= 4 is 22.8 Å². The van der Waals surface area contributed by atoms with Gasteiger partial charge in [0.1, 0.15) is 13.2 Å². The maximum Gasteiger partial charge on any atom is 0.166 e. The molecule has 1 aromatic rings. The van der Waals surface area contributed by atoms with Crippen LogP contribution in [0, 0.1) is 0 Å². The zero-order valence-corrected chi connectivity index (χ0v) is 9.86. The molecule has 1 fully saturated rings. The predicted octanol–water partition coefficient (Wildman–Crippen LogP) is 2.38. The predicted molar refractivity (Wildman–Crippen MR) is 67.1 cm³/mol. The van der Waals surface area contributed by atoms with Gasteiger partial charge in [-0.2, -0.15) is 0 Å². The van der Waals surface area contributed by atoms with Crippen molar-refractivity contribution in [2.24, 2.45) is 0 Å². The van der Waals surface area contributed by atoms with E-state index in [2.05, 4.69) is 4.58 Å². The molecule has 0 saturated carbocycles. The second kappa shape index (κ2) is 5.83. The van der Waals surface area contributed by atoms with Crippen molar-refractivity contribution in [3.8, 4) is 0 Å². The van der Waals surface area contributed by atoms with Crippen LogP contribution in [-0.4, -0.2) is 37.1 Å². The molecular weight excluding hydrogens is 222 g/mol. The van der Waals surface area contributed by atoms with E-state index >= 15 is 0 Å². The van der Waals surface area contributed by atoms with Crippen LogP contribution in [0.3, 0.4) is 0 Å². The van der Waals surface area contributed by atoms with Crippen LogP contribution in [0.15, 0.2) is 36.4 Å². The number of benzene rings is 1. The van der Waals surface area contributed by atoms with Crippen molar-refractivity contribution in [1.82, 2.24) is 0 Å². The largest absolute Gasteiger partial charge is 0.368 e. The second-order valence-electron chi connectivity index (χ2n) is 3.68. The van der Waals surface area contributed by atoms with Crippen molar-refractivity contribution in [2.45, 2.75) is 0 Å². The van der Waals surface area contributed by atoms with Gasteiger partial charge in [0.2, 0.25) is 0 Å². The van der Waals surface area contributed by atoms with E-state index in [0.29, 0.717) is 0 Å². The van der Waals surface area contributed by atoms with E-state index < -0.39 is 0 Å². The lowest BCUT2D eigenvalue weighted by molar-refractivity contribution is -0.544. The fourth-order valence-electron chi connectivity index (χ4n) is 1.59. The Hall–Kier alpha value is -1.12. The molecule has 1 aliphatic heterocycles. The van der Waals surface area contributed by atoms with Gasteiger partial charge in [0.15, 0.2) is 19.3 Å². The summed E-state index contributed by atoms with van der Waals surface area (Å²) in [5.41, 5.74) is 1.05. The molecule has 0 atom stereocenters. The third-order valence-electron chi connectivity index (χ3n) is 2.53. The molecule has 84 valence electrons. The fourth-order valence-corrected chi connectivity index (χ4v) is 1.77. The first-order valence-electron chi connectivity index (χ1n) is 5.44. The Morgan fingerprint density at radius 3 is 2.56 bits per heavy atom. The van der Waals surface area contributed by atoms with E-state index in [4.69, 9.17) is 16.3 Å². The van der Waals surface area contributed by atoms with Gasteiger partial charge in [0, 0.05) is 6.08 Å². The fraction of sp³-hybridized carbons (Fsp3) is 0.308. The number of ether oxygens (including phenoxy) is 1. The maximum atomic E-state index is 6.20. The van der Waals surface area contributed by atoms with Gasteiger partial charge < -0.3 is 4.74 Å². The van der Waals surface area contributed by atoms with E-state index in [1.165, 1.54) is 0 Å². The minimum atomic E-state index is 0.770. The number of nitrogens with zero attached hydrogens (tertiary/aromatic N) is 1. The Morgan fingerprint density at radius 1 is 1.19 bits per heavy atom. The van der Waals surface area contributed by atoms with Gasteiger partial charge in [0.25, 0.3) is 0 Å². The van der Waals surface area contributed by atoms with Crippen LogP contribution >= 0.6 is 11.6 Å². The van der Waals surface area contributed by atoms with E-state index in [0.717, 1.165) is 36.9 Å². The number of hydrogen-bond donors (Lipinski definition) is 0. The summed E-state index contributed by atoms with van der Waals surface area (Å²) in [6.07, 6.45) is 3.99. The lowest BCUT2D eigenvalue weighted by Gasteiger charge is -2.09. The molecule has 3 heteroatoms. The Kier molecular flexibility index (Phi) is 4.14. The first-order chi connectivity index (χ1) is 7.86. The van der Waals surface area contributed by atoms with Gasteiger partial charge in [-0.05, 0) is 5.56 Å². The summed E-state index contributed by atoms with van der Waals surface area (Å²) in [4.78, 5) is 0. The highest BCUT2D eigenvalue weighted by Gasteiger charge is 2.09. The molecule has 0 aliphatic carbocycles. The highest BCUT2D eigenvalue weighted by Crippen LogP contribution is 2.16. The zero-order valence-electron chi connectivity index (χ0n) is 9.10. The number of hydrogen-bond acceptors (Lipinski definition) is 1. The molecule has 0 spiro atoms. The van der Waals surface area contributed by atoms with Crippen LogP contribution in [0.25, 0.3) is 5.03 Å². The summed E-state index contributed by atoms with van der Waals surface area (Å²) in [6.45, 7) is 3.48. The smallest absolute Gasteiger partial charge is 0.166 e. The number of rotatable bonds is 2. The summed E-state index contributed by atoms with van der Waals surface area (Å²) in [7, 11) is 0. The summed E-state index contributed by atoms with van der Waals surface area (Å²) in [6, 6.07) is 9.97. The van der Waals surface area contributed by atoms with Crippen molar-refractivity contribution < 1.29 is 9.31 Å². The minimum Gasteiger partial charge on any atom is -0.368 e. The molecule has 2 nitrogen and oxygen atoms in total. The van der Waals surface area contributed by atoms with Crippen molar-refractivity contribution in [1.29, 1.82) is 0 Å². The van der Waals surface area contributed by atoms with Crippen LogP contribution in [0.5, 0.6) is 0 Å². The van der Waals surface area contributed by atoms with Gasteiger partial charge in [-0.15, -0.1) is 0 Å². The van der Waals surface area contributed by atoms with Crippen LogP contribution in [0.1, 0.15) is 5.56 Å². The summed E-state index contributed by atoms with van der Waals surface area (Å²) in [5, 5.41) is 0.770. The third kappa shape index (κ3) is 3.19. The molecule has 1 saturated heterocycles. The average Bonchev–Trinajstić information content (AvgIpc) is 2.38. The standard InChI is InChI=1S/C13H15ClNO/c14-13(12-4-2-1-3-5-12)6-7-15-8-10-16-11-9-15/h1-7H,8-11H2/q+1/b13-6-. The maximum absolute atomic E-state index is 6.20. The second-order valence-corrected chi connectivity index (χ2v) is 4.09. The van der Waals surface area contributed by atoms with Crippen LogP contribution in [-0.2, 0) is 4.74 Å². The molecule has 0 unspecified atom stereocenters. The highest BCUT2D eigenvalue weighted by molar-refractivity contribution is 6.49. The molecule has 0 amide bonds. The van der Waals surface area contributed by atoms with Gasteiger partial charge in [-0.25, -0.2) is 4.58 Å². The van der Waals surface area contributed by atoms with Crippen molar-refractivity contribution in [3.63, 3.8) is 0 Å². The molecule has 0 aromatic heterocycles. The van der Waals surface area contributed by atoms with Gasteiger partial charge >= 0.3 is 0 Å². The van der Waals surface area contributed by atoms with Gasteiger partial charge in [0.05, 0.1) is 5.03 Å². The minimum absolute atomic E-state index is 0.770. The quantitative estimate of drug-likeness (QED) is 0.719. The van der Waals surface area contributed by atoms with Crippen molar-refractivity contribution in [3.05, 3.63) is 42.0 Å². The number of halogens is 1. The molecule has 1 aromatic carbocycles.